The molecule has 0 bridgehead atoms. The van der Waals surface area contributed by atoms with Crippen molar-refractivity contribution in [1.29, 1.82) is 0 Å². The minimum Gasteiger partial charge on any atom is -0.505 e. The quantitative estimate of drug-likeness (QED) is 0.0509. The first-order valence-corrected chi connectivity index (χ1v) is 20.8. The molecule has 0 unspecified atom stereocenters. The van der Waals surface area contributed by atoms with Crippen molar-refractivity contribution in [3.05, 3.63) is 149 Å². The summed E-state index contributed by atoms with van der Waals surface area (Å²) in [6.07, 6.45) is 0. The number of rotatable bonds is 14. The van der Waals surface area contributed by atoms with Crippen molar-refractivity contribution in [3.8, 4) is 11.5 Å². The predicted octanol–water partition coefficient (Wildman–Crippen LogP) is 13.5. The van der Waals surface area contributed by atoms with Crippen LogP contribution in [0.3, 0.4) is 0 Å². The number of carboxylic acids is 2. The van der Waals surface area contributed by atoms with E-state index in [9.17, 15) is 37.9 Å². The van der Waals surface area contributed by atoms with E-state index >= 15 is 0 Å². The lowest BCUT2D eigenvalue weighted by molar-refractivity contribution is 0.0696. The Kier molecular flexibility index (Phi) is 12.9. The summed E-state index contributed by atoms with van der Waals surface area (Å²) in [4.78, 5) is 22.2. The summed E-state index contributed by atoms with van der Waals surface area (Å²) < 4.78 is 40.8. The first kappa shape index (κ1) is 44.5. The number of phenolic OH excluding ortho intramolecular Hbond substituents is 1. The smallest absolute Gasteiger partial charge is 0.335 e. The van der Waals surface area contributed by atoms with Crippen molar-refractivity contribution in [1.82, 2.24) is 0 Å². The van der Waals surface area contributed by atoms with E-state index < -0.39 is 38.4 Å². The second-order valence-corrected chi connectivity index (χ2v) is 15.8. The zero-order valence-corrected chi connectivity index (χ0v) is 35.7. The standard InChI is InChI=1S/C46H37N9O9S/c1-25-17-34(12-14-37(25)51-48-33-11-15-38(26(2)16-33)52-50-35-21-29(45(57)58)19-30(22-35)46(59)60)49-53-39-24-41(64-4)40(18-27(39)3)54-55-43-42(65(61,62)63)23-28-20-32(10-13-36(28)44(43)56)47-31-8-6-5-7-9-31/h5-24,47,56H,1-4H3,(H,57,58)(H,59,60)(H,61,62,63). The van der Waals surface area contributed by atoms with Gasteiger partial charge in [-0.1, -0.05) is 18.2 Å². The van der Waals surface area contributed by atoms with E-state index in [0.29, 0.717) is 50.6 Å². The van der Waals surface area contributed by atoms with Crippen LogP contribution in [-0.2, 0) is 10.1 Å². The molecule has 0 radical (unpaired) electrons. The van der Waals surface area contributed by atoms with Crippen LogP contribution in [-0.4, -0.2) is 47.3 Å². The number of fused-ring (bicyclic) bond motifs is 1. The molecule has 0 spiro atoms. The summed E-state index contributed by atoms with van der Waals surface area (Å²) in [5, 5.41) is 67.7. The van der Waals surface area contributed by atoms with Gasteiger partial charge in [-0.25, -0.2) is 9.59 Å². The second-order valence-electron chi connectivity index (χ2n) is 14.4. The SMILES string of the molecule is COc1cc(N=Nc2ccc(N=Nc3ccc(N=Nc4cc(C(=O)O)cc(C(=O)O)c4)c(C)c3)c(C)c2)c(C)cc1N=Nc1c(S(=O)(=O)O)cc2cc(Nc3ccccc3)ccc2c1O. The number of phenols is 1. The number of nitrogens with zero attached hydrogens (tertiary/aromatic N) is 8. The molecule has 0 aliphatic carbocycles. The lowest BCUT2D eigenvalue weighted by Crippen LogP contribution is -2.01. The minimum atomic E-state index is -4.86. The van der Waals surface area contributed by atoms with Gasteiger partial charge < -0.3 is 25.4 Å². The second kappa shape index (κ2) is 18.8. The Labute approximate surface area is 370 Å². The third-order valence-electron chi connectivity index (χ3n) is 9.74. The maximum absolute atomic E-state index is 12.5. The molecule has 0 aromatic heterocycles. The molecule has 0 saturated heterocycles. The highest BCUT2D eigenvalue weighted by molar-refractivity contribution is 7.86. The molecule has 5 N–H and O–H groups in total. The molecule has 0 fully saturated rings. The highest BCUT2D eigenvalue weighted by Crippen LogP contribution is 2.44. The summed E-state index contributed by atoms with van der Waals surface area (Å²) in [5.41, 5.74) is 5.35. The maximum atomic E-state index is 12.5. The van der Waals surface area contributed by atoms with Gasteiger partial charge in [0.2, 0.25) is 0 Å². The molecule has 0 amide bonds. The monoisotopic (exact) mass is 891 g/mol. The van der Waals surface area contributed by atoms with E-state index in [2.05, 4.69) is 46.2 Å². The van der Waals surface area contributed by atoms with Crippen molar-refractivity contribution in [2.75, 3.05) is 12.4 Å². The van der Waals surface area contributed by atoms with Gasteiger partial charge in [0.25, 0.3) is 10.1 Å². The number of hydrogen-bond donors (Lipinski definition) is 5. The number of anilines is 2. The fraction of sp³-hybridized carbons (Fsp3) is 0.0870. The highest BCUT2D eigenvalue weighted by Gasteiger charge is 2.23. The van der Waals surface area contributed by atoms with Crippen LogP contribution < -0.4 is 10.1 Å². The third-order valence-corrected chi connectivity index (χ3v) is 10.6. The number of methoxy groups -OCH3 is 1. The lowest BCUT2D eigenvalue weighted by atomic mass is 10.1. The van der Waals surface area contributed by atoms with Crippen LogP contribution >= 0.6 is 0 Å². The van der Waals surface area contributed by atoms with Gasteiger partial charge >= 0.3 is 11.9 Å². The fourth-order valence-corrected chi connectivity index (χ4v) is 7.06. The van der Waals surface area contributed by atoms with Crippen LogP contribution in [0.4, 0.5) is 56.9 Å². The molecule has 7 aromatic carbocycles. The van der Waals surface area contributed by atoms with E-state index in [0.717, 1.165) is 17.3 Å². The average Bonchev–Trinajstić information content (AvgIpc) is 3.27. The molecule has 0 heterocycles. The number of nitrogens with one attached hydrogen (secondary N) is 1. The van der Waals surface area contributed by atoms with Crippen LogP contribution in [0, 0.1) is 20.8 Å². The molecule has 0 aliphatic heterocycles. The molecule has 7 rings (SSSR count). The topological polar surface area (TPSA) is 269 Å². The summed E-state index contributed by atoms with van der Waals surface area (Å²) in [5.74, 6) is -2.85. The largest absolute Gasteiger partial charge is 0.505 e. The van der Waals surface area contributed by atoms with Crippen molar-refractivity contribution < 1.29 is 42.6 Å². The molecule has 18 nitrogen and oxygen atoms in total. The van der Waals surface area contributed by atoms with Gasteiger partial charge in [-0.2, -0.15) is 39.1 Å². The van der Waals surface area contributed by atoms with E-state index in [1.165, 1.54) is 25.3 Å². The van der Waals surface area contributed by atoms with Crippen molar-refractivity contribution >= 4 is 89.7 Å². The zero-order chi connectivity index (χ0) is 46.4. The summed E-state index contributed by atoms with van der Waals surface area (Å²) in [6.45, 7) is 5.38. The normalized spacial score (nSPS) is 12.0. The van der Waals surface area contributed by atoms with Gasteiger partial charge in [0.1, 0.15) is 22.0 Å². The van der Waals surface area contributed by atoms with Crippen LogP contribution in [0.2, 0.25) is 0 Å². The molecular formula is C46H37N9O9S. The van der Waals surface area contributed by atoms with E-state index in [1.54, 1.807) is 80.6 Å². The first-order chi connectivity index (χ1) is 31.1. The third kappa shape index (κ3) is 10.6. The Morgan fingerprint density at radius 2 is 1.11 bits per heavy atom. The van der Waals surface area contributed by atoms with Crippen molar-refractivity contribution in [2.24, 2.45) is 40.9 Å². The van der Waals surface area contributed by atoms with Crippen LogP contribution in [0.25, 0.3) is 10.8 Å². The Morgan fingerprint density at radius 1 is 0.554 bits per heavy atom. The number of carboxylic acid groups (broad SMARTS) is 2. The number of aryl methyl sites for hydroxylation is 3. The van der Waals surface area contributed by atoms with Gasteiger partial charge in [-0.15, -0.1) is 10.2 Å². The number of benzene rings is 7. The Bertz CT molecular complexity index is 3230. The van der Waals surface area contributed by atoms with Gasteiger partial charge in [-0.3, -0.25) is 4.55 Å². The van der Waals surface area contributed by atoms with E-state index in [4.69, 9.17) is 4.74 Å². The molecule has 0 aliphatic rings. The number of para-hydroxylation sites is 1. The molecule has 65 heavy (non-hydrogen) atoms. The summed E-state index contributed by atoms with van der Waals surface area (Å²) >= 11 is 0. The van der Waals surface area contributed by atoms with Gasteiger partial charge in [0.05, 0.1) is 52.4 Å². The Morgan fingerprint density at radius 3 is 1.66 bits per heavy atom. The van der Waals surface area contributed by atoms with Crippen molar-refractivity contribution in [2.45, 2.75) is 25.7 Å². The molecule has 326 valence electrons. The molecule has 19 heteroatoms. The van der Waals surface area contributed by atoms with E-state index in [1.807, 2.05) is 37.3 Å². The van der Waals surface area contributed by atoms with Crippen molar-refractivity contribution in [3.63, 3.8) is 0 Å². The van der Waals surface area contributed by atoms with Gasteiger partial charge in [-0.05, 0) is 140 Å². The number of azo groups is 4. The molecule has 7 aromatic rings. The first-order valence-electron chi connectivity index (χ1n) is 19.3. The zero-order valence-electron chi connectivity index (χ0n) is 34.9. The van der Waals surface area contributed by atoms with Gasteiger partial charge in [0.15, 0.2) is 5.75 Å². The van der Waals surface area contributed by atoms with Crippen LogP contribution in [0.5, 0.6) is 11.5 Å². The minimum absolute atomic E-state index is 0.0729. The maximum Gasteiger partial charge on any atom is 0.335 e. The highest BCUT2D eigenvalue weighted by atomic mass is 32.2. The molecular weight excluding hydrogens is 855 g/mol. The number of aromatic carboxylic acids is 2. The molecule has 0 atom stereocenters. The van der Waals surface area contributed by atoms with Gasteiger partial charge in [0, 0.05) is 22.8 Å². The lowest BCUT2D eigenvalue weighted by Gasteiger charge is -2.12. The number of aromatic hydroxyl groups is 1. The fourth-order valence-electron chi connectivity index (χ4n) is 6.40. The number of carbonyl (C=O) groups is 2. The van der Waals surface area contributed by atoms with E-state index in [-0.39, 0.29) is 33.6 Å². The van der Waals surface area contributed by atoms with Crippen LogP contribution in [0.1, 0.15) is 37.4 Å². The molecule has 0 saturated carbocycles. The number of ether oxygens (including phenoxy) is 1. The summed E-state index contributed by atoms with van der Waals surface area (Å²) in [7, 11) is -3.45. The predicted molar refractivity (Wildman–Crippen MR) is 242 cm³/mol. The summed E-state index contributed by atoms with van der Waals surface area (Å²) in [6, 6.07) is 32.5. The van der Waals surface area contributed by atoms with Crippen LogP contribution in [0.15, 0.2) is 167 Å². The number of hydrogen-bond acceptors (Lipinski definition) is 15. The Hall–Kier alpha value is -8.55. The average molecular weight is 892 g/mol. The Balaban J connectivity index is 1.06.